The Morgan fingerprint density at radius 1 is 1.41 bits per heavy atom. The van der Waals surface area contributed by atoms with Crippen LogP contribution in [-0.2, 0) is 0 Å². The highest BCUT2D eigenvalue weighted by Gasteiger charge is 2.13. The fourth-order valence-corrected chi connectivity index (χ4v) is 2.72. The summed E-state index contributed by atoms with van der Waals surface area (Å²) in [7, 11) is 0. The molecule has 0 aliphatic rings. The van der Waals surface area contributed by atoms with Gasteiger partial charge in [-0.3, -0.25) is 0 Å². The van der Waals surface area contributed by atoms with Gasteiger partial charge in [-0.05, 0) is 32.9 Å². The van der Waals surface area contributed by atoms with Crippen LogP contribution < -0.4 is 11.1 Å². The number of aryl methyl sites for hydroxylation is 2. The second-order valence-electron chi connectivity index (χ2n) is 3.98. The van der Waals surface area contributed by atoms with Crippen molar-refractivity contribution in [3.63, 3.8) is 0 Å². The Morgan fingerprint density at radius 3 is 2.76 bits per heavy atom. The van der Waals surface area contributed by atoms with E-state index in [2.05, 4.69) is 22.2 Å². The highest BCUT2D eigenvalue weighted by atomic mass is 32.1. The lowest BCUT2D eigenvalue weighted by Crippen LogP contribution is -2.08. The molecule has 0 fully saturated rings. The molecule has 0 radical (unpaired) electrons. The van der Waals surface area contributed by atoms with Gasteiger partial charge in [0.15, 0.2) is 0 Å². The van der Waals surface area contributed by atoms with E-state index in [1.165, 1.54) is 4.88 Å². The molecule has 5 heteroatoms. The summed E-state index contributed by atoms with van der Waals surface area (Å²) >= 11 is 1.71. The first-order valence-electron chi connectivity index (χ1n) is 5.49. The lowest BCUT2D eigenvalue weighted by molar-refractivity contribution is 0.889. The largest absolute Gasteiger partial charge is 0.382 e. The molecule has 0 aromatic carbocycles. The van der Waals surface area contributed by atoms with Crippen LogP contribution >= 0.6 is 11.3 Å². The average molecular weight is 248 g/mol. The number of aromatic nitrogens is 2. The van der Waals surface area contributed by atoms with Crippen molar-refractivity contribution in [1.82, 2.24) is 9.97 Å². The van der Waals surface area contributed by atoms with Crippen LogP contribution in [0.3, 0.4) is 0 Å². The quantitative estimate of drug-likeness (QED) is 0.876. The molecule has 1 atom stereocenters. The molecule has 90 valence electrons. The van der Waals surface area contributed by atoms with Crippen molar-refractivity contribution >= 4 is 22.8 Å². The minimum atomic E-state index is 0.188. The lowest BCUT2D eigenvalue weighted by Gasteiger charge is -2.15. The van der Waals surface area contributed by atoms with Crippen molar-refractivity contribution in [2.75, 3.05) is 11.1 Å². The summed E-state index contributed by atoms with van der Waals surface area (Å²) in [4.78, 5) is 9.73. The Hall–Kier alpha value is -1.62. The van der Waals surface area contributed by atoms with E-state index in [4.69, 9.17) is 5.73 Å². The van der Waals surface area contributed by atoms with E-state index >= 15 is 0 Å². The SMILES string of the molecule is Cc1nc(C)c(C(C)Nc2cccnc2N)s1. The maximum Gasteiger partial charge on any atom is 0.146 e. The zero-order valence-electron chi connectivity index (χ0n) is 10.2. The van der Waals surface area contributed by atoms with Crippen molar-refractivity contribution in [2.45, 2.75) is 26.8 Å². The molecule has 0 aliphatic carbocycles. The van der Waals surface area contributed by atoms with Crippen LogP contribution in [0.2, 0.25) is 0 Å². The Balaban J connectivity index is 2.20. The second kappa shape index (κ2) is 4.71. The summed E-state index contributed by atoms with van der Waals surface area (Å²) in [6.07, 6.45) is 1.69. The number of hydrogen-bond donors (Lipinski definition) is 2. The molecule has 0 spiro atoms. The van der Waals surface area contributed by atoms with Gasteiger partial charge in [0.05, 0.1) is 22.4 Å². The van der Waals surface area contributed by atoms with Crippen LogP contribution in [-0.4, -0.2) is 9.97 Å². The molecule has 2 rings (SSSR count). The first-order chi connectivity index (χ1) is 8.08. The van der Waals surface area contributed by atoms with Gasteiger partial charge in [0.2, 0.25) is 0 Å². The molecule has 4 nitrogen and oxygen atoms in total. The standard InChI is InChI=1S/C12H16N4S/c1-7-11(17-9(3)15-7)8(2)16-10-5-4-6-14-12(10)13/h4-6,8,16H,1-3H3,(H2,13,14). The number of thiazole rings is 1. The smallest absolute Gasteiger partial charge is 0.146 e. The van der Waals surface area contributed by atoms with Gasteiger partial charge in [0.25, 0.3) is 0 Å². The molecule has 2 aromatic heterocycles. The molecular weight excluding hydrogens is 232 g/mol. The third-order valence-corrected chi connectivity index (χ3v) is 3.80. The molecule has 1 unspecified atom stereocenters. The predicted octanol–water partition coefficient (Wildman–Crippen LogP) is 2.91. The Kier molecular flexibility index (Phi) is 3.28. The molecule has 2 aromatic rings. The van der Waals surface area contributed by atoms with Crippen LogP contribution in [0.1, 0.15) is 28.5 Å². The molecule has 3 N–H and O–H groups in total. The molecule has 0 saturated heterocycles. The number of nitrogens with zero attached hydrogens (tertiary/aromatic N) is 2. The van der Waals surface area contributed by atoms with Crippen LogP contribution in [0.25, 0.3) is 0 Å². The summed E-state index contributed by atoms with van der Waals surface area (Å²) in [6.45, 7) is 6.16. The molecular formula is C12H16N4S. The van der Waals surface area contributed by atoms with Crippen LogP contribution in [0.5, 0.6) is 0 Å². The van der Waals surface area contributed by atoms with Crippen molar-refractivity contribution < 1.29 is 0 Å². The van der Waals surface area contributed by atoms with Crippen LogP contribution in [0.15, 0.2) is 18.3 Å². The molecule has 0 aliphatic heterocycles. The number of hydrogen-bond acceptors (Lipinski definition) is 5. The first-order valence-corrected chi connectivity index (χ1v) is 6.30. The van der Waals surface area contributed by atoms with E-state index in [0.29, 0.717) is 5.82 Å². The van der Waals surface area contributed by atoms with Crippen molar-refractivity contribution in [3.05, 3.63) is 33.9 Å². The maximum absolute atomic E-state index is 5.80. The Morgan fingerprint density at radius 2 is 2.18 bits per heavy atom. The molecule has 2 heterocycles. The zero-order valence-corrected chi connectivity index (χ0v) is 11.0. The summed E-state index contributed by atoms with van der Waals surface area (Å²) in [6, 6.07) is 3.99. The van der Waals surface area contributed by atoms with Gasteiger partial charge in [-0.1, -0.05) is 0 Å². The number of anilines is 2. The van der Waals surface area contributed by atoms with E-state index in [-0.39, 0.29) is 6.04 Å². The Bertz CT molecular complexity index is 521. The second-order valence-corrected chi connectivity index (χ2v) is 5.22. The van der Waals surface area contributed by atoms with Crippen LogP contribution in [0, 0.1) is 13.8 Å². The predicted molar refractivity (Wildman–Crippen MR) is 72.3 cm³/mol. The van der Waals surface area contributed by atoms with Gasteiger partial charge >= 0.3 is 0 Å². The van der Waals surface area contributed by atoms with Crippen molar-refractivity contribution in [1.29, 1.82) is 0 Å². The zero-order chi connectivity index (χ0) is 12.4. The third-order valence-electron chi connectivity index (χ3n) is 2.54. The van der Waals surface area contributed by atoms with Crippen molar-refractivity contribution in [3.8, 4) is 0 Å². The van der Waals surface area contributed by atoms with E-state index in [0.717, 1.165) is 16.4 Å². The summed E-state index contributed by atoms with van der Waals surface area (Å²) in [5, 5.41) is 4.45. The fourth-order valence-electron chi connectivity index (χ4n) is 1.79. The number of nitrogens with one attached hydrogen (secondary N) is 1. The summed E-state index contributed by atoms with van der Waals surface area (Å²) < 4.78 is 0. The monoisotopic (exact) mass is 248 g/mol. The highest BCUT2D eigenvalue weighted by Crippen LogP contribution is 2.28. The number of pyridine rings is 1. The highest BCUT2D eigenvalue weighted by molar-refractivity contribution is 7.11. The minimum absolute atomic E-state index is 0.188. The third kappa shape index (κ3) is 2.55. The lowest BCUT2D eigenvalue weighted by atomic mass is 10.2. The fraction of sp³-hybridized carbons (Fsp3) is 0.333. The molecule has 17 heavy (non-hydrogen) atoms. The van der Waals surface area contributed by atoms with Gasteiger partial charge < -0.3 is 11.1 Å². The van der Waals surface area contributed by atoms with E-state index in [1.54, 1.807) is 17.5 Å². The molecule has 0 amide bonds. The number of nitrogens with two attached hydrogens (primary N) is 1. The van der Waals surface area contributed by atoms with Gasteiger partial charge in [-0.25, -0.2) is 9.97 Å². The minimum Gasteiger partial charge on any atom is -0.382 e. The first kappa shape index (κ1) is 11.9. The summed E-state index contributed by atoms with van der Waals surface area (Å²) in [5.41, 5.74) is 7.75. The maximum atomic E-state index is 5.80. The topological polar surface area (TPSA) is 63.8 Å². The normalized spacial score (nSPS) is 12.4. The van der Waals surface area contributed by atoms with E-state index < -0.39 is 0 Å². The number of rotatable bonds is 3. The average Bonchev–Trinajstić information content (AvgIpc) is 2.61. The van der Waals surface area contributed by atoms with Gasteiger partial charge in [0, 0.05) is 11.1 Å². The van der Waals surface area contributed by atoms with E-state index in [9.17, 15) is 0 Å². The number of nitrogen functional groups attached to an aromatic ring is 1. The van der Waals surface area contributed by atoms with E-state index in [1.807, 2.05) is 26.0 Å². The van der Waals surface area contributed by atoms with Crippen LogP contribution in [0.4, 0.5) is 11.5 Å². The van der Waals surface area contributed by atoms with Gasteiger partial charge in [0.1, 0.15) is 5.82 Å². The Labute approximate surface area is 105 Å². The van der Waals surface area contributed by atoms with Gasteiger partial charge in [-0.15, -0.1) is 11.3 Å². The molecule has 0 saturated carbocycles. The molecule has 0 bridgehead atoms. The van der Waals surface area contributed by atoms with Gasteiger partial charge in [-0.2, -0.15) is 0 Å². The van der Waals surface area contributed by atoms with Crippen molar-refractivity contribution in [2.24, 2.45) is 0 Å². The summed E-state index contributed by atoms with van der Waals surface area (Å²) in [5.74, 6) is 0.526.